The van der Waals surface area contributed by atoms with Crippen LogP contribution in [0, 0.1) is 5.82 Å². The fourth-order valence-corrected chi connectivity index (χ4v) is 4.80. The molecule has 6 nitrogen and oxygen atoms in total. The summed E-state index contributed by atoms with van der Waals surface area (Å²) in [6.45, 7) is 1.62. The number of allylic oxidation sites excluding steroid dienone is 1. The number of nitrogens with one attached hydrogen (secondary N) is 1. The maximum atomic E-state index is 15.0. The summed E-state index contributed by atoms with van der Waals surface area (Å²) in [5, 5.41) is 8.05. The Morgan fingerprint density at radius 3 is 2.83 bits per heavy atom. The van der Waals surface area contributed by atoms with Crippen LogP contribution in [0.2, 0.25) is 5.02 Å². The maximum absolute atomic E-state index is 15.0. The molecule has 0 bridgehead atoms. The minimum atomic E-state index is -0.320. The highest BCUT2D eigenvalue weighted by molar-refractivity contribution is 6.30. The number of pyridine rings is 3. The molecule has 1 aliphatic carbocycles. The van der Waals surface area contributed by atoms with Gasteiger partial charge in [0.05, 0.1) is 35.2 Å². The number of hydrogen-bond acceptors (Lipinski definition) is 5. The molecule has 1 N–H and O–H groups in total. The van der Waals surface area contributed by atoms with Gasteiger partial charge in [-0.1, -0.05) is 17.7 Å². The lowest BCUT2D eigenvalue weighted by atomic mass is 9.98. The molecule has 178 valence electrons. The van der Waals surface area contributed by atoms with Crippen LogP contribution in [-0.2, 0) is 13.0 Å². The van der Waals surface area contributed by atoms with Crippen LogP contribution in [0.25, 0.3) is 33.3 Å². The van der Waals surface area contributed by atoms with Crippen LogP contribution in [0.1, 0.15) is 22.5 Å². The van der Waals surface area contributed by atoms with Gasteiger partial charge < -0.3 is 5.32 Å². The Bertz CT molecular complexity index is 1640. The fourth-order valence-electron chi connectivity index (χ4n) is 4.63. The van der Waals surface area contributed by atoms with E-state index in [1.54, 1.807) is 18.3 Å². The van der Waals surface area contributed by atoms with E-state index in [1.807, 2.05) is 60.7 Å². The number of likely N-dealkylation sites (N-methyl/N-ethyl adjacent to an activating group) is 1. The molecule has 0 saturated heterocycles. The molecular weight excluding hydrogens is 475 g/mol. The number of aromatic nitrogens is 5. The molecule has 1 aliphatic rings. The third-order valence-corrected chi connectivity index (χ3v) is 6.64. The molecule has 4 heterocycles. The lowest BCUT2D eigenvalue weighted by molar-refractivity contribution is 0.585. The van der Waals surface area contributed by atoms with Crippen molar-refractivity contribution in [1.82, 2.24) is 30.0 Å². The largest absolute Gasteiger partial charge is 0.318 e. The molecule has 0 fully saturated rings. The van der Waals surface area contributed by atoms with Gasteiger partial charge in [0, 0.05) is 58.8 Å². The van der Waals surface area contributed by atoms with Crippen molar-refractivity contribution in [3.8, 4) is 11.1 Å². The molecular formula is C28H22ClFN6. The van der Waals surface area contributed by atoms with E-state index in [1.165, 1.54) is 6.07 Å². The number of halogens is 2. The molecule has 0 saturated carbocycles. The smallest absolute Gasteiger partial charge is 0.130 e. The SMILES string of the molecule is CNCCn1cc(-c2cnc3ccc(C4=C(c5cc(Cl)ccc5F)Cc5cccnc54)nc3c2)cn1. The van der Waals surface area contributed by atoms with E-state index in [2.05, 4.69) is 20.4 Å². The highest BCUT2D eigenvalue weighted by Gasteiger charge is 2.27. The third-order valence-electron chi connectivity index (χ3n) is 6.40. The van der Waals surface area contributed by atoms with Crippen LogP contribution in [0.5, 0.6) is 0 Å². The van der Waals surface area contributed by atoms with Crippen LogP contribution in [0.4, 0.5) is 4.39 Å². The number of benzene rings is 1. The summed E-state index contributed by atoms with van der Waals surface area (Å²) in [7, 11) is 1.92. The van der Waals surface area contributed by atoms with Crippen LogP contribution in [0.15, 0.2) is 73.3 Å². The molecule has 36 heavy (non-hydrogen) atoms. The maximum Gasteiger partial charge on any atom is 0.130 e. The van der Waals surface area contributed by atoms with Crippen molar-refractivity contribution in [3.05, 3.63) is 107 Å². The molecule has 5 aromatic rings. The van der Waals surface area contributed by atoms with E-state index >= 15 is 0 Å². The molecule has 0 spiro atoms. The molecule has 8 heteroatoms. The third kappa shape index (κ3) is 4.06. The second-order valence-electron chi connectivity index (χ2n) is 8.72. The van der Waals surface area contributed by atoms with Crippen molar-refractivity contribution in [1.29, 1.82) is 0 Å². The second kappa shape index (κ2) is 9.26. The molecule has 0 radical (unpaired) electrons. The van der Waals surface area contributed by atoms with Crippen LogP contribution in [-0.4, -0.2) is 38.3 Å². The van der Waals surface area contributed by atoms with Gasteiger partial charge in [0.25, 0.3) is 0 Å². The summed E-state index contributed by atoms with van der Waals surface area (Å²) in [6.07, 6.45) is 7.98. The quantitative estimate of drug-likeness (QED) is 0.340. The lowest BCUT2D eigenvalue weighted by Gasteiger charge is -2.11. The van der Waals surface area contributed by atoms with E-state index < -0.39 is 0 Å². The number of hydrogen-bond donors (Lipinski definition) is 1. The zero-order chi connectivity index (χ0) is 24.6. The number of rotatable bonds is 6. The van der Waals surface area contributed by atoms with E-state index in [4.69, 9.17) is 16.6 Å². The van der Waals surface area contributed by atoms with Crippen LogP contribution in [0.3, 0.4) is 0 Å². The van der Waals surface area contributed by atoms with Crippen molar-refractivity contribution >= 4 is 33.8 Å². The Hall–Kier alpha value is -3.94. The second-order valence-corrected chi connectivity index (χ2v) is 9.16. The molecule has 0 amide bonds. The lowest BCUT2D eigenvalue weighted by Crippen LogP contribution is -2.14. The van der Waals surface area contributed by atoms with Gasteiger partial charge >= 0.3 is 0 Å². The van der Waals surface area contributed by atoms with Crippen molar-refractivity contribution < 1.29 is 4.39 Å². The van der Waals surface area contributed by atoms with E-state index in [0.29, 0.717) is 17.0 Å². The molecule has 0 atom stereocenters. The molecule has 6 rings (SSSR count). The van der Waals surface area contributed by atoms with Gasteiger partial charge in [0.1, 0.15) is 5.82 Å². The van der Waals surface area contributed by atoms with E-state index in [9.17, 15) is 4.39 Å². The van der Waals surface area contributed by atoms with E-state index in [-0.39, 0.29) is 5.82 Å². The van der Waals surface area contributed by atoms with Gasteiger partial charge in [-0.15, -0.1) is 0 Å². The monoisotopic (exact) mass is 496 g/mol. The highest BCUT2D eigenvalue weighted by atomic mass is 35.5. The summed E-state index contributed by atoms with van der Waals surface area (Å²) in [5.41, 5.74) is 8.11. The molecule has 1 aromatic carbocycles. The van der Waals surface area contributed by atoms with Gasteiger partial charge in [-0.05, 0) is 60.6 Å². The standard InChI is InChI=1S/C28H22ClFN6/c1-31-9-10-36-16-19(15-34-36)18-12-26-24(33-14-18)6-7-25(35-26)27-22(11-17-3-2-8-32-28(17)27)21-13-20(29)4-5-23(21)30/h2-8,12-16,31H,9-11H2,1H3. The average molecular weight is 497 g/mol. The van der Waals surface area contributed by atoms with Gasteiger partial charge in [-0.25, -0.2) is 9.37 Å². The van der Waals surface area contributed by atoms with Gasteiger partial charge in [-0.2, -0.15) is 5.10 Å². The zero-order valence-corrected chi connectivity index (χ0v) is 20.3. The topological polar surface area (TPSA) is 68.5 Å². The number of fused-ring (bicyclic) bond motifs is 2. The first kappa shape index (κ1) is 22.5. The average Bonchev–Trinajstić information content (AvgIpc) is 3.53. The van der Waals surface area contributed by atoms with Gasteiger partial charge in [0.15, 0.2) is 0 Å². The summed E-state index contributed by atoms with van der Waals surface area (Å²) >= 11 is 6.24. The normalized spacial score (nSPS) is 13.0. The van der Waals surface area contributed by atoms with Crippen LogP contribution >= 0.6 is 11.6 Å². The van der Waals surface area contributed by atoms with Crippen molar-refractivity contribution in [2.45, 2.75) is 13.0 Å². The fraction of sp³-hybridized carbons (Fsp3) is 0.143. The van der Waals surface area contributed by atoms with Crippen molar-refractivity contribution in [2.24, 2.45) is 0 Å². The number of nitrogens with zero attached hydrogens (tertiary/aromatic N) is 5. The minimum absolute atomic E-state index is 0.320. The molecule has 0 unspecified atom stereocenters. The predicted molar refractivity (Wildman–Crippen MR) is 140 cm³/mol. The Kier molecular flexibility index (Phi) is 5.79. The van der Waals surface area contributed by atoms with Crippen molar-refractivity contribution in [2.75, 3.05) is 13.6 Å². The van der Waals surface area contributed by atoms with Gasteiger partial charge in [0.2, 0.25) is 0 Å². The zero-order valence-electron chi connectivity index (χ0n) is 19.5. The van der Waals surface area contributed by atoms with Crippen molar-refractivity contribution in [3.63, 3.8) is 0 Å². The first-order valence-electron chi connectivity index (χ1n) is 11.7. The van der Waals surface area contributed by atoms with E-state index in [0.717, 1.165) is 63.3 Å². The summed E-state index contributed by atoms with van der Waals surface area (Å²) in [5.74, 6) is -0.320. The van der Waals surface area contributed by atoms with Gasteiger partial charge in [-0.3, -0.25) is 14.6 Å². The highest BCUT2D eigenvalue weighted by Crippen LogP contribution is 2.42. The first-order chi connectivity index (χ1) is 17.6. The Morgan fingerprint density at radius 2 is 1.94 bits per heavy atom. The van der Waals surface area contributed by atoms with Crippen LogP contribution < -0.4 is 5.32 Å². The summed E-state index contributed by atoms with van der Waals surface area (Å²) in [4.78, 5) is 14.2. The Morgan fingerprint density at radius 1 is 1.03 bits per heavy atom. The minimum Gasteiger partial charge on any atom is -0.318 e. The first-order valence-corrected chi connectivity index (χ1v) is 12.1. The Balaban J connectivity index is 1.48. The summed E-state index contributed by atoms with van der Waals surface area (Å²) < 4.78 is 16.9. The summed E-state index contributed by atoms with van der Waals surface area (Å²) in [6, 6.07) is 14.4. The molecule has 0 aliphatic heterocycles. The molecule has 4 aromatic heterocycles. The predicted octanol–water partition coefficient (Wildman–Crippen LogP) is 5.42. The Labute approximate surface area is 212 Å².